The van der Waals surface area contributed by atoms with Crippen molar-refractivity contribution in [1.29, 1.82) is 0 Å². The van der Waals surface area contributed by atoms with Gasteiger partial charge in [0.25, 0.3) is 0 Å². The number of carbonyl (C=O) groups excluding carboxylic acids is 1. The molecule has 130 valence electrons. The first kappa shape index (κ1) is 21.1. The summed E-state index contributed by atoms with van der Waals surface area (Å²) in [5, 5.41) is 5.67. The van der Waals surface area contributed by atoms with Crippen molar-refractivity contribution in [2.24, 2.45) is 0 Å². The van der Waals surface area contributed by atoms with Crippen molar-refractivity contribution < 1.29 is 13.7 Å². The fraction of sp³-hybridized carbons (Fsp3) is 0.800. The van der Waals surface area contributed by atoms with Crippen LogP contribution in [0, 0.1) is 0 Å². The molecular formula is C15H31N3O3S. The van der Waals surface area contributed by atoms with Crippen molar-refractivity contribution in [3.63, 3.8) is 0 Å². The molecule has 0 aromatic carbocycles. The lowest BCUT2D eigenvalue weighted by Gasteiger charge is -2.20. The van der Waals surface area contributed by atoms with Gasteiger partial charge in [-0.25, -0.2) is 4.79 Å². The van der Waals surface area contributed by atoms with Gasteiger partial charge in [-0.05, 0) is 48.2 Å². The van der Waals surface area contributed by atoms with Crippen LogP contribution in [0.15, 0.2) is 11.1 Å². The summed E-state index contributed by atoms with van der Waals surface area (Å²) >= 11 is 1.28. The monoisotopic (exact) mass is 333 g/mol. The molecule has 0 aromatic heterocycles. The van der Waals surface area contributed by atoms with Gasteiger partial charge in [0.15, 0.2) is 0 Å². The zero-order valence-corrected chi connectivity index (χ0v) is 15.7. The van der Waals surface area contributed by atoms with Gasteiger partial charge in [-0.3, -0.25) is 0 Å². The van der Waals surface area contributed by atoms with E-state index >= 15 is 0 Å². The Kier molecular flexibility index (Phi) is 10.3. The molecule has 1 unspecified atom stereocenters. The number of rotatable bonds is 9. The van der Waals surface area contributed by atoms with Gasteiger partial charge in [0, 0.05) is 36.7 Å². The van der Waals surface area contributed by atoms with E-state index in [4.69, 9.17) is 8.92 Å². The van der Waals surface area contributed by atoms with Gasteiger partial charge in [-0.1, -0.05) is 0 Å². The van der Waals surface area contributed by atoms with E-state index in [-0.39, 0.29) is 6.10 Å². The number of nitrogens with zero attached hydrogens (tertiary/aromatic N) is 1. The molecule has 1 atom stereocenters. The van der Waals surface area contributed by atoms with Crippen LogP contribution in [0.3, 0.4) is 0 Å². The number of amides is 1. The average Bonchev–Trinajstić information content (AvgIpc) is 2.37. The number of carbonyl (C=O) groups is 1. The Bertz CT molecular complexity index is 354. The highest BCUT2D eigenvalue weighted by Gasteiger charge is 2.16. The van der Waals surface area contributed by atoms with E-state index in [2.05, 4.69) is 15.5 Å². The zero-order chi connectivity index (χ0) is 17.2. The Morgan fingerprint density at radius 3 is 2.50 bits per heavy atom. The molecule has 0 radical (unpaired) electrons. The molecule has 0 aliphatic rings. The molecule has 0 aromatic rings. The second kappa shape index (κ2) is 10.7. The summed E-state index contributed by atoms with van der Waals surface area (Å²) in [6.45, 7) is 8.88. The predicted molar refractivity (Wildman–Crippen MR) is 92.7 cm³/mol. The summed E-state index contributed by atoms with van der Waals surface area (Å²) in [6, 6.07) is 0. The maximum Gasteiger partial charge on any atom is 0.407 e. The summed E-state index contributed by atoms with van der Waals surface area (Å²) in [5.41, 5.74) is -0.499. The van der Waals surface area contributed by atoms with Crippen LogP contribution >= 0.6 is 12.0 Å². The lowest BCUT2D eigenvalue weighted by molar-refractivity contribution is 0.0533. The SMILES string of the molecule is CN/C=C(/CNC(=O)OC(C)(C)C)SOC(C)CCN(C)C. The zero-order valence-electron chi connectivity index (χ0n) is 14.9. The normalized spacial score (nSPS) is 13.9. The van der Waals surface area contributed by atoms with Gasteiger partial charge in [0.1, 0.15) is 5.60 Å². The lowest BCUT2D eigenvalue weighted by Crippen LogP contribution is -2.33. The van der Waals surface area contributed by atoms with Gasteiger partial charge >= 0.3 is 6.09 Å². The molecule has 0 saturated carbocycles. The highest BCUT2D eigenvalue weighted by molar-refractivity contribution is 7.98. The Morgan fingerprint density at radius 2 is 2.00 bits per heavy atom. The fourth-order valence-electron chi connectivity index (χ4n) is 1.37. The van der Waals surface area contributed by atoms with Gasteiger partial charge in [0.2, 0.25) is 0 Å². The van der Waals surface area contributed by atoms with Crippen molar-refractivity contribution in [1.82, 2.24) is 15.5 Å². The van der Waals surface area contributed by atoms with Crippen molar-refractivity contribution in [3.05, 3.63) is 11.1 Å². The van der Waals surface area contributed by atoms with Crippen LogP contribution in [0.1, 0.15) is 34.1 Å². The first-order chi connectivity index (χ1) is 10.1. The minimum atomic E-state index is -0.499. The molecule has 0 aliphatic carbocycles. The molecule has 1 amide bonds. The summed E-state index contributed by atoms with van der Waals surface area (Å²) in [7, 11) is 5.89. The molecule has 0 rings (SSSR count). The number of hydrogen-bond acceptors (Lipinski definition) is 6. The number of alkyl carbamates (subject to hydrolysis) is 1. The largest absolute Gasteiger partial charge is 0.444 e. The first-order valence-corrected chi connectivity index (χ1v) is 8.19. The smallest absolute Gasteiger partial charge is 0.407 e. The van der Waals surface area contributed by atoms with E-state index in [0.29, 0.717) is 6.54 Å². The average molecular weight is 333 g/mol. The van der Waals surface area contributed by atoms with Crippen LogP contribution in [-0.4, -0.2) is 56.9 Å². The molecule has 0 saturated heterocycles. The third-order valence-electron chi connectivity index (χ3n) is 2.41. The first-order valence-electron chi connectivity index (χ1n) is 7.45. The highest BCUT2D eigenvalue weighted by Crippen LogP contribution is 2.19. The van der Waals surface area contributed by atoms with E-state index in [1.807, 2.05) is 48.8 Å². The molecule has 22 heavy (non-hydrogen) atoms. The quantitative estimate of drug-likeness (QED) is 0.632. The van der Waals surface area contributed by atoms with Crippen molar-refractivity contribution >= 4 is 18.1 Å². The van der Waals surface area contributed by atoms with Crippen LogP contribution in [0.25, 0.3) is 0 Å². The lowest BCUT2D eigenvalue weighted by atomic mass is 10.2. The molecule has 0 aliphatic heterocycles. The van der Waals surface area contributed by atoms with Gasteiger partial charge < -0.3 is 24.5 Å². The maximum absolute atomic E-state index is 11.6. The standard InChI is InChI=1S/C15H31N3O3S/c1-12(8-9-18(6)7)21-22-13(10-16-5)11-17-14(19)20-15(2,3)4/h10,12,16H,8-9,11H2,1-7H3,(H,17,19)/b13-10-. The van der Waals surface area contributed by atoms with Crippen LogP contribution in [-0.2, 0) is 8.92 Å². The second-order valence-electron chi connectivity index (χ2n) is 6.34. The van der Waals surface area contributed by atoms with E-state index < -0.39 is 11.7 Å². The van der Waals surface area contributed by atoms with Gasteiger partial charge in [-0.2, -0.15) is 0 Å². The molecule has 6 nitrogen and oxygen atoms in total. The van der Waals surface area contributed by atoms with E-state index in [0.717, 1.165) is 17.9 Å². The molecule has 0 heterocycles. The van der Waals surface area contributed by atoms with E-state index in [1.165, 1.54) is 12.0 Å². The molecule has 2 N–H and O–H groups in total. The summed E-state index contributed by atoms with van der Waals surface area (Å²) in [5.74, 6) is 0. The fourth-order valence-corrected chi connectivity index (χ4v) is 2.05. The van der Waals surface area contributed by atoms with E-state index in [9.17, 15) is 4.79 Å². The summed E-state index contributed by atoms with van der Waals surface area (Å²) in [6.07, 6.45) is 2.46. The summed E-state index contributed by atoms with van der Waals surface area (Å²) in [4.78, 5) is 14.7. The Labute approximate surface area is 139 Å². The topological polar surface area (TPSA) is 62.8 Å². The third-order valence-corrected chi connectivity index (χ3v) is 3.31. The van der Waals surface area contributed by atoms with Crippen molar-refractivity contribution in [3.8, 4) is 0 Å². The van der Waals surface area contributed by atoms with Crippen LogP contribution in [0.4, 0.5) is 4.79 Å². The van der Waals surface area contributed by atoms with Crippen molar-refractivity contribution in [2.45, 2.75) is 45.8 Å². The van der Waals surface area contributed by atoms with Crippen LogP contribution in [0.5, 0.6) is 0 Å². The second-order valence-corrected chi connectivity index (χ2v) is 7.22. The van der Waals surface area contributed by atoms with Gasteiger partial charge in [0.05, 0.1) is 12.6 Å². The molecule has 0 spiro atoms. The van der Waals surface area contributed by atoms with Crippen LogP contribution in [0.2, 0.25) is 0 Å². The van der Waals surface area contributed by atoms with Gasteiger partial charge in [-0.15, -0.1) is 0 Å². The molecular weight excluding hydrogens is 302 g/mol. The van der Waals surface area contributed by atoms with Crippen LogP contribution < -0.4 is 10.6 Å². The predicted octanol–water partition coefficient (Wildman–Crippen LogP) is 2.58. The van der Waals surface area contributed by atoms with E-state index in [1.54, 1.807) is 6.20 Å². The Morgan fingerprint density at radius 1 is 1.36 bits per heavy atom. The maximum atomic E-state index is 11.6. The third kappa shape index (κ3) is 12.8. The Hall–Kier alpha value is -0.920. The number of ether oxygens (including phenoxy) is 1. The highest BCUT2D eigenvalue weighted by atomic mass is 32.2. The number of hydrogen-bond donors (Lipinski definition) is 2. The van der Waals surface area contributed by atoms with Crippen molar-refractivity contribution in [2.75, 3.05) is 34.2 Å². The minimum Gasteiger partial charge on any atom is -0.444 e. The minimum absolute atomic E-state index is 0.134. The Balaban J connectivity index is 4.17. The number of nitrogens with one attached hydrogen (secondary N) is 2. The molecule has 7 heteroatoms. The molecule has 0 bridgehead atoms. The summed E-state index contributed by atoms with van der Waals surface area (Å²) < 4.78 is 10.9. The molecule has 0 fully saturated rings.